The molecule has 2 amide bonds. The van der Waals surface area contributed by atoms with Crippen LogP contribution >= 0.6 is 0 Å². The number of para-hydroxylation sites is 1. The average molecular weight is 636 g/mol. The zero-order valence-electron chi connectivity index (χ0n) is 26.0. The van der Waals surface area contributed by atoms with E-state index < -0.39 is 47.3 Å². The number of nitrogens with one attached hydrogen (secondary N) is 2. The summed E-state index contributed by atoms with van der Waals surface area (Å²) in [7, 11) is 1.23. The maximum atomic E-state index is 14.6. The molecule has 1 aromatic heterocycles. The van der Waals surface area contributed by atoms with E-state index in [4.69, 9.17) is 14.2 Å². The predicted octanol–water partition coefficient (Wildman–Crippen LogP) is 5.52. The Balaban J connectivity index is 1.16. The first kappa shape index (κ1) is 30.5. The third-order valence-corrected chi connectivity index (χ3v) is 10.6. The van der Waals surface area contributed by atoms with Crippen molar-refractivity contribution in [2.75, 3.05) is 13.7 Å². The van der Waals surface area contributed by atoms with Crippen molar-refractivity contribution in [2.45, 2.75) is 75.7 Å². The number of aromatic amines is 1. The lowest BCUT2D eigenvalue weighted by atomic mass is 9.55. The number of H-pyrrole nitrogens is 1. The number of alkyl carbamates (subject to hydrolysis) is 1. The Hall–Kier alpha value is -4.15. The normalized spacial score (nSPS) is 29.4. The van der Waals surface area contributed by atoms with E-state index in [1.807, 2.05) is 30.5 Å². The van der Waals surface area contributed by atoms with Gasteiger partial charge in [0.1, 0.15) is 29.6 Å². The van der Waals surface area contributed by atoms with Gasteiger partial charge in [0.2, 0.25) is 5.91 Å². The Labute approximate surface area is 265 Å². The second-order valence-corrected chi connectivity index (χ2v) is 13.8. The van der Waals surface area contributed by atoms with Crippen LogP contribution in [0.3, 0.4) is 0 Å². The fourth-order valence-corrected chi connectivity index (χ4v) is 8.81. The predicted molar refractivity (Wildman–Crippen MR) is 164 cm³/mol. The number of amides is 2. The molecule has 2 N–H and O–H groups in total. The number of carbonyl (C=O) groups excluding carboxylic acids is 3. The van der Waals surface area contributed by atoms with Crippen molar-refractivity contribution in [1.29, 1.82) is 0 Å². The number of hydrogen-bond acceptors (Lipinski definition) is 6. The van der Waals surface area contributed by atoms with E-state index in [0.717, 1.165) is 48.2 Å². The van der Waals surface area contributed by atoms with Crippen LogP contribution in [0.15, 0.2) is 48.7 Å². The highest BCUT2D eigenvalue weighted by Gasteiger charge is 2.52. The van der Waals surface area contributed by atoms with Crippen LogP contribution in [0.2, 0.25) is 0 Å². The van der Waals surface area contributed by atoms with E-state index >= 15 is 0 Å². The molecule has 9 nitrogen and oxygen atoms in total. The van der Waals surface area contributed by atoms with Crippen molar-refractivity contribution in [3.05, 3.63) is 65.9 Å². The maximum Gasteiger partial charge on any atom is 0.408 e. The fourth-order valence-electron chi connectivity index (χ4n) is 8.81. The van der Waals surface area contributed by atoms with Crippen LogP contribution in [0.25, 0.3) is 10.9 Å². The lowest BCUT2D eigenvalue weighted by molar-refractivity contribution is -0.153. The molecule has 46 heavy (non-hydrogen) atoms. The van der Waals surface area contributed by atoms with Crippen LogP contribution < -0.4 is 10.1 Å². The number of carbonyl (C=O) groups is 3. The first-order chi connectivity index (χ1) is 22.1. The van der Waals surface area contributed by atoms with Gasteiger partial charge in [0.05, 0.1) is 13.7 Å². The molecule has 11 heteroatoms. The molecule has 5 aliphatic rings. The van der Waals surface area contributed by atoms with E-state index in [-0.39, 0.29) is 31.2 Å². The molecule has 4 saturated carbocycles. The van der Waals surface area contributed by atoms with Crippen molar-refractivity contribution in [1.82, 2.24) is 15.2 Å². The summed E-state index contributed by atoms with van der Waals surface area (Å²) in [6.07, 6.45) is 5.87. The number of fused-ring (bicyclic) bond motifs is 1. The Kier molecular flexibility index (Phi) is 7.89. The van der Waals surface area contributed by atoms with E-state index in [2.05, 4.69) is 10.3 Å². The fraction of sp³-hybridized carbons (Fsp3) is 0.514. The van der Waals surface area contributed by atoms with Gasteiger partial charge in [-0.05, 0) is 86.5 Å². The number of aromatic nitrogens is 1. The van der Waals surface area contributed by atoms with Gasteiger partial charge in [-0.2, -0.15) is 0 Å². The van der Waals surface area contributed by atoms with Gasteiger partial charge in [0, 0.05) is 36.0 Å². The number of esters is 1. The molecular formula is C35H39F2N3O6. The Bertz CT molecular complexity index is 1630. The molecule has 2 aromatic carbocycles. The molecule has 4 aliphatic carbocycles. The average Bonchev–Trinajstić information content (AvgIpc) is 3.63. The van der Waals surface area contributed by atoms with Crippen molar-refractivity contribution in [3.63, 3.8) is 0 Å². The summed E-state index contributed by atoms with van der Waals surface area (Å²) >= 11 is 0. The van der Waals surface area contributed by atoms with Crippen molar-refractivity contribution in [3.8, 4) is 5.75 Å². The minimum absolute atomic E-state index is 0.0244. The molecule has 0 unspecified atom stereocenters. The van der Waals surface area contributed by atoms with Gasteiger partial charge < -0.3 is 29.4 Å². The summed E-state index contributed by atoms with van der Waals surface area (Å²) in [4.78, 5) is 45.8. The molecule has 3 aromatic rings. The number of halogens is 2. The van der Waals surface area contributed by atoms with Gasteiger partial charge in [-0.3, -0.25) is 4.79 Å². The van der Waals surface area contributed by atoms with Crippen LogP contribution in [0.5, 0.6) is 5.75 Å². The Morgan fingerprint density at radius 1 is 1.00 bits per heavy atom. The zero-order valence-corrected chi connectivity index (χ0v) is 26.0. The maximum absolute atomic E-state index is 14.6. The van der Waals surface area contributed by atoms with Crippen molar-refractivity contribution < 1.29 is 37.4 Å². The first-order valence-electron chi connectivity index (χ1n) is 16.1. The van der Waals surface area contributed by atoms with E-state index in [1.54, 1.807) is 6.92 Å². The third-order valence-electron chi connectivity index (χ3n) is 10.6. The standard InChI is InChI=1S/C35H39F2N3O6/c1-35(16-23-17-38-28-6-4-3-5-26(23)28,39-34(43)46-31-21-10-19-9-20(12-21)13-22(31)11-19)33(42)40-18-25(15-29(40)32(41)44-2)45-30-8-7-24(36)14-27(30)37/h3-8,14,17,19-22,25,29,31,38H,9-13,15-16,18H2,1-2H3,(H,39,43)/t19?,20?,21?,22?,25-,29-,31?,35-/m1/s1. The number of ether oxygens (including phenoxy) is 3. The summed E-state index contributed by atoms with van der Waals surface area (Å²) in [5.41, 5.74) is 0.152. The second kappa shape index (κ2) is 11.9. The number of rotatable bonds is 8. The number of likely N-dealkylation sites (tertiary alicyclic amines) is 1. The smallest absolute Gasteiger partial charge is 0.408 e. The minimum atomic E-state index is -1.53. The molecular weight excluding hydrogens is 596 g/mol. The zero-order chi connectivity index (χ0) is 32.2. The molecule has 0 radical (unpaired) electrons. The van der Waals surface area contributed by atoms with Gasteiger partial charge >= 0.3 is 12.1 Å². The quantitative estimate of drug-likeness (QED) is 0.316. The number of nitrogens with zero attached hydrogens (tertiary/aromatic N) is 1. The van der Waals surface area contributed by atoms with Crippen molar-refractivity contribution in [2.24, 2.45) is 23.7 Å². The summed E-state index contributed by atoms with van der Waals surface area (Å²) in [6, 6.07) is 9.58. The van der Waals surface area contributed by atoms with Crippen LogP contribution in [-0.2, 0) is 25.5 Å². The Morgan fingerprint density at radius 2 is 1.72 bits per heavy atom. The highest BCUT2D eigenvalue weighted by atomic mass is 19.1. The van der Waals surface area contributed by atoms with Crippen LogP contribution in [0, 0.1) is 35.3 Å². The lowest BCUT2D eigenvalue weighted by Gasteiger charge is -2.53. The van der Waals surface area contributed by atoms with Crippen LogP contribution in [0.1, 0.15) is 51.0 Å². The second-order valence-electron chi connectivity index (χ2n) is 13.8. The van der Waals surface area contributed by atoms with E-state index in [9.17, 15) is 23.2 Å². The van der Waals surface area contributed by atoms with Gasteiger partial charge in [-0.1, -0.05) is 18.2 Å². The number of hydrogen-bond donors (Lipinski definition) is 2. The molecule has 8 rings (SSSR count). The SMILES string of the molecule is COC(=O)[C@H]1C[C@@H](Oc2ccc(F)cc2F)CN1C(=O)[C@@](C)(Cc1c[nH]c2ccccc12)NC(=O)OC1C2CC3CC(C2)CC1C3. The number of methoxy groups -OCH3 is 1. The highest BCUT2D eigenvalue weighted by molar-refractivity contribution is 5.94. The first-order valence-corrected chi connectivity index (χ1v) is 16.1. The molecule has 0 spiro atoms. The van der Waals surface area contributed by atoms with Crippen LogP contribution in [-0.4, -0.2) is 65.3 Å². The molecule has 4 bridgehead atoms. The molecule has 5 fully saturated rings. The van der Waals surface area contributed by atoms with Crippen LogP contribution in [0.4, 0.5) is 13.6 Å². The summed E-state index contributed by atoms with van der Waals surface area (Å²) < 4.78 is 45.0. The van der Waals surface area contributed by atoms with E-state index in [0.29, 0.717) is 29.7 Å². The summed E-state index contributed by atoms with van der Waals surface area (Å²) in [5.74, 6) is -0.924. The molecule has 3 atom stereocenters. The van der Waals surface area contributed by atoms with Gasteiger partial charge in [-0.25, -0.2) is 18.4 Å². The highest BCUT2D eigenvalue weighted by Crippen LogP contribution is 2.54. The topological polar surface area (TPSA) is 110 Å². The van der Waals surface area contributed by atoms with E-state index in [1.165, 1.54) is 24.5 Å². The molecule has 2 heterocycles. The Morgan fingerprint density at radius 3 is 2.41 bits per heavy atom. The summed E-state index contributed by atoms with van der Waals surface area (Å²) in [5, 5.41) is 3.83. The summed E-state index contributed by atoms with van der Waals surface area (Å²) in [6.45, 7) is 1.56. The molecule has 1 saturated heterocycles. The largest absolute Gasteiger partial charge is 0.485 e. The minimum Gasteiger partial charge on any atom is -0.485 e. The van der Waals surface area contributed by atoms with Crippen molar-refractivity contribution >= 4 is 28.9 Å². The molecule has 1 aliphatic heterocycles. The third kappa shape index (κ3) is 5.69. The van der Waals surface area contributed by atoms with Gasteiger partial charge in [-0.15, -0.1) is 0 Å². The monoisotopic (exact) mass is 635 g/mol. The lowest BCUT2D eigenvalue weighted by Crippen LogP contribution is -2.62. The molecule has 244 valence electrons. The van der Waals surface area contributed by atoms with Gasteiger partial charge in [0.15, 0.2) is 11.6 Å². The number of benzene rings is 2. The van der Waals surface area contributed by atoms with Gasteiger partial charge in [0.25, 0.3) is 0 Å².